The molecule has 24 heavy (non-hydrogen) atoms. The lowest BCUT2D eigenvalue weighted by molar-refractivity contribution is 0.487. The molecule has 1 heterocycles. The highest BCUT2D eigenvalue weighted by atomic mass is 15.0. The molecular formula is C22H20N2. The van der Waals surface area contributed by atoms with E-state index >= 15 is 0 Å². The Hall–Kier alpha value is -2.84. The van der Waals surface area contributed by atoms with E-state index in [0.29, 0.717) is 0 Å². The van der Waals surface area contributed by atoms with Gasteiger partial charge in [-0.1, -0.05) is 84.9 Å². The van der Waals surface area contributed by atoms with Gasteiger partial charge in [-0.25, -0.2) is 0 Å². The predicted molar refractivity (Wildman–Crippen MR) is 99.9 cm³/mol. The molecule has 0 aliphatic carbocycles. The maximum absolute atomic E-state index is 6.70. The van der Waals surface area contributed by atoms with E-state index in [9.17, 15) is 0 Å². The van der Waals surface area contributed by atoms with Crippen molar-refractivity contribution in [3.05, 3.63) is 108 Å². The number of aromatic nitrogens is 1. The second-order valence-corrected chi connectivity index (χ2v) is 6.13. The molecule has 0 aliphatic heterocycles. The van der Waals surface area contributed by atoms with Crippen LogP contribution in [0.15, 0.2) is 97.3 Å². The predicted octanol–water partition coefficient (Wildman–Crippen LogP) is 4.93. The minimum atomic E-state index is -0.115. The van der Waals surface area contributed by atoms with Gasteiger partial charge in [-0.2, -0.15) is 0 Å². The van der Waals surface area contributed by atoms with Gasteiger partial charge in [0.2, 0.25) is 0 Å². The number of nitrogens with two attached hydrogens (primary N) is 1. The van der Waals surface area contributed by atoms with Gasteiger partial charge in [0.1, 0.15) is 0 Å². The van der Waals surface area contributed by atoms with Crippen molar-refractivity contribution in [3.8, 4) is 0 Å². The Labute approximate surface area is 142 Å². The molecule has 4 aromatic rings. The standard InChI is InChI=1S/C22H20N2/c23-21(17-9-3-1-4-10-17)22(18-11-5-2-6-12-18)24-15-19-13-7-8-14-20(19)16-24/h1-16,21-22H,23H2/t21-,22-/m1/s1. The highest BCUT2D eigenvalue weighted by Crippen LogP contribution is 2.32. The van der Waals surface area contributed by atoms with Crippen LogP contribution < -0.4 is 5.73 Å². The number of rotatable bonds is 4. The summed E-state index contributed by atoms with van der Waals surface area (Å²) in [5.41, 5.74) is 9.06. The summed E-state index contributed by atoms with van der Waals surface area (Å²) in [4.78, 5) is 0. The quantitative estimate of drug-likeness (QED) is 0.569. The third-order valence-electron chi connectivity index (χ3n) is 4.56. The molecule has 0 fully saturated rings. The zero-order valence-corrected chi connectivity index (χ0v) is 13.4. The van der Waals surface area contributed by atoms with Crippen LogP contribution in [0.2, 0.25) is 0 Å². The molecule has 118 valence electrons. The zero-order chi connectivity index (χ0) is 16.4. The van der Waals surface area contributed by atoms with E-state index in [1.807, 2.05) is 24.3 Å². The lowest BCUT2D eigenvalue weighted by Crippen LogP contribution is -2.25. The fourth-order valence-corrected chi connectivity index (χ4v) is 3.34. The van der Waals surface area contributed by atoms with Gasteiger partial charge >= 0.3 is 0 Å². The molecule has 0 unspecified atom stereocenters. The molecular weight excluding hydrogens is 292 g/mol. The van der Waals surface area contributed by atoms with E-state index in [-0.39, 0.29) is 12.1 Å². The summed E-state index contributed by atoms with van der Waals surface area (Å²) >= 11 is 0. The van der Waals surface area contributed by atoms with Crippen molar-refractivity contribution in [1.82, 2.24) is 4.57 Å². The lowest BCUT2D eigenvalue weighted by atomic mass is 9.94. The summed E-state index contributed by atoms with van der Waals surface area (Å²) in [7, 11) is 0. The molecule has 2 heteroatoms. The van der Waals surface area contributed by atoms with E-state index in [1.165, 1.54) is 16.3 Å². The second kappa shape index (κ2) is 6.34. The smallest absolute Gasteiger partial charge is 0.0773 e. The summed E-state index contributed by atoms with van der Waals surface area (Å²) in [5, 5.41) is 2.47. The summed E-state index contributed by atoms with van der Waals surface area (Å²) in [5.74, 6) is 0. The second-order valence-electron chi connectivity index (χ2n) is 6.13. The Bertz CT molecular complexity index is 893. The van der Waals surface area contributed by atoms with Crippen molar-refractivity contribution in [2.24, 2.45) is 5.73 Å². The van der Waals surface area contributed by atoms with Gasteiger partial charge in [0.05, 0.1) is 12.1 Å². The number of benzene rings is 3. The van der Waals surface area contributed by atoms with Crippen LogP contribution in [-0.4, -0.2) is 4.57 Å². The van der Waals surface area contributed by atoms with Crippen molar-refractivity contribution in [3.63, 3.8) is 0 Å². The van der Waals surface area contributed by atoms with Crippen LogP contribution in [0.4, 0.5) is 0 Å². The van der Waals surface area contributed by atoms with Crippen molar-refractivity contribution in [2.75, 3.05) is 0 Å². The normalized spacial score (nSPS) is 13.7. The molecule has 1 aromatic heterocycles. The van der Waals surface area contributed by atoms with Crippen molar-refractivity contribution >= 4 is 10.8 Å². The van der Waals surface area contributed by atoms with Crippen LogP contribution in [0.5, 0.6) is 0 Å². The van der Waals surface area contributed by atoms with Gasteiger partial charge < -0.3 is 10.3 Å². The van der Waals surface area contributed by atoms with Crippen LogP contribution in [0.3, 0.4) is 0 Å². The van der Waals surface area contributed by atoms with Crippen molar-refractivity contribution < 1.29 is 0 Å². The summed E-state index contributed by atoms with van der Waals surface area (Å²) < 4.78 is 2.25. The van der Waals surface area contributed by atoms with Gasteiger partial charge in [0, 0.05) is 12.4 Å². The van der Waals surface area contributed by atoms with Crippen LogP contribution in [0.1, 0.15) is 23.2 Å². The molecule has 2 atom stereocenters. The first-order valence-electron chi connectivity index (χ1n) is 8.24. The molecule has 2 N–H and O–H groups in total. The maximum atomic E-state index is 6.70. The minimum absolute atomic E-state index is 0.0565. The first-order valence-corrected chi connectivity index (χ1v) is 8.24. The average Bonchev–Trinajstić information content (AvgIpc) is 3.07. The molecule has 0 saturated heterocycles. The van der Waals surface area contributed by atoms with Gasteiger partial charge in [-0.3, -0.25) is 0 Å². The third-order valence-corrected chi connectivity index (χ3v) is 4.56. The fraction of sp³-hybridized carbons (Fsp3) is 0.0909. The summed E-state index contributed by atoms with van der Waals surface area (Å²) in [6.45, 7) is 0. The minimum Gasteiger partial charge on any atom is -0.344 e. The molecule has 0 aliphatic rings. The highest BCUT2D eigenvalue weighted by Gasteiger charge is 2.23. The molecule has 2 nitrogen and oxygen atoms in total. The Morgan fingerprint density at radius 1 is 0.583 bits per heavy atom. The summed E-state index contributed by atoms with van der Waals surface area (Å²) in [6.07, 6.45) is 4.38. The van der Waals surface area contributed by atoms with E-state index in [4.69, 9.17) is 5.73 Å². The van der Waals surface area contributed by atoms with E-state index in [1.54, 1.807) is 0 Å². The lowest BCUT2D eigenvalue weighted by Gasteiger charge is -2.26. The first kappa shape index (κ1) is 14.7. The maximum Gasteiger partial charge on any atom is 0.0773 e. The highest BCUT2D eigenvalue weighted by molar-refractivity contribution is 5.82. The molecule has 0 amide bonds. The Morgan fingerprint density at radius 3 is 1.58 bits per heavy atom. The zero-order valence-electron chi connectivity index (χ0n) is 13.4. The van der Waals surface area contributed by atoms with Crippen LogP contribution in [-0.2, 0) is 0 Å². The van der Waals surface area contributed by atoms with E-state index in [2.05, 4.69) is 77.6 Å². The Balaban J connectivity index is 1.84. The molecule has 0 bridgehead atoms. The number of hydrogen-bond donors (Lipinski definition) is 1. The van der Waals surface area contributed by atoms with Gasteiger partial charge in [-0.05, 0) is 21.9 Å². The van der Waals surface area contributed by atoms with E-state index in [0.717, 1.165) is 5.56 Å². The van der Waals surface area contributed by atoms with Gasteiger partial charge in [-0.15, -0.1) is 0 Å². The Morgan fingerprint density at radius 2 is 1.04 bits per heavy atom. The molecule has 0 saturated carbocycles. The Kier molecular flexibility index (Phi) is 3.89. The third kappa shape index (κ3) is 2.72. The summed E-state index contributed by atoms with van der Waals surface area (Å²) in [6, 6.07) is 29.2. The van der Waals surface area contributed by atoms with Crippen molar-refractivity contribution in [1.29, 1.82) is 0 Å². The first-order chi connectivity index (χ1) is 11.8. The van der Waals surface area contributed by atoms with Crippen molar-refractivity contribution in [2.45, 2.75) is 12.1 Å². The van der Waals surface area contributed by atoms with Gasteiger partial charge in [0.25, 0.3) is 0 Å². The topological polar surface area (TPSA) is 30.9 Å². The monoisotopic (exact) mass is 312 g/mol. The van der Waals surface area contributed by atoms with Crippen LogP contribution in [0, 0.1) is 0 Å². The number of hydrogen-bond acceptors (Lipinski definition) is 1. The fourth-order valence-electron chi connectivity index (χ4n) is 3.34. The van der Waals surface area contributed by atoms with Crippen LogP contribution >= 0.6 is 0 Å². The molecule has 0 spiro atoms. The van der Waals surface area contributed by atoms with Gasteiger partial charge in [0.15, 0.2) is 0 Å². The van der Waals surface area contributed by atoms with E-state index < -0.39 is 0 Å². The average molecular weight is 312 g/mol. The molecule has 4 rings (SSSR count). The number of nitrogens with zero attached hydrogens (tertiary/aromatic N) is 1. The SMILES string of the molecule is N[C@H](c1ccccc1)[C@@H](c1ccccc1)n1cc2ccccc2c1. The van der Waals surface area contributed by atoms with Crippen LogP contribution in [0.25, 0.3) is 10.8 Å². The molecule has 3 aromatic carbocycles. The molecule has 0 radical (unpaired) electrons. The number of fused-ring (bicyclic) bond motifs is 1. The largest absolute Gasteiger partial charge is 0.344 e.